The smallest absolute Gasteiger partial charge is 0.353 e. The molecule has 0 unspecified atom stereocenters. The molecule has 4 rings (SSSR count). The number of benzene rings is 1. The van der Waals surface area contributed by atoms with Gasteiger partial charge in [0.1, 0.15) is 0 Å². The molecule has 0 spiro atoms. The normalized spacial score (nSPS) is 12.4. The largest absolute Gasteiger partial charge is 0.367 e. The Bertz CT molecular complexity index is 834. The van der Waals surface area contributed by atoms with Gasteiger partial charge in [-0.3, -0.25) is 4.57 Å². The number of rotatable bonds is 1. The summed E-state index contributed by atoms with van der Waals surface area (Å²) in [6, 6.07) is 13.2. The monoisotopic (exact) mass is 265 g/mol. The minimum Gasteiger partial charge on any atom is -0.367 e. The maximum atomic E-state index is 12.4. The van der Waals surface area contributed by atoms with Crippen LogP contribution in [-0.4, -0.2) is 19.3 Å². The Hall–Kier alpha value is -2.89. The van der Waals surface area contributed by atoms with Crippen molar-refractivity contribution in [2.75, 3.05) is 5.32 Å². The molecule has 20 heavy (non-hydrogen) atoms. The first-order valence-electron chi connectivity index (χ1n) is 6.29. The summed E-state index contributed by atoms with van der Waals surface area (Å²) in [5.41, 5.74) is 1.71. The molecule has 1 aromatic carbocycles. The number of nitrogens with one attached hydrogen (secondary N) is 1. The predicted octanol–water partition coefficient (Wildman–Crippen LogP) is 1.48. The van der Waals surface area contributed by atoms with Crippen LogP contribution in [0.2, 0.25) is 0 Å². The van der Waals surface area contributed by atoms with Crippen LogP contribution in [-0.2, 0) is 6.67 Å². The minimum atomic E-state index is -0.194. The fourth-order valence-corrected chi connectivity index (χ4v) is 2.36. The second-order valence-electron chi connectivity index (χ2n) is 4.51. The van der Waals surface area contributed by atoms with Crippen molar-refractivity contribution in [3.05, 3.63) is 59.1 Å². The first-order valence-corrected chi connectivity index (χ1v) is 6.29. The molecule has 3 heterocycles. The van der Waals surface area contributed by atoms with E-state index >= 15 is 0 Å². The summed E-state index contributed by atoms with van der Waals surface area (Å²) in [5.74, 6) is 1.19. The lowest BCUT2D eigenvalue weighted by molar-refractivity contribution is 0.713. The van der Waals surface area contributed by atoms with Gasteiger partial charge in [0.15, 0.2) is 11.6 Å². The van der Waals surface area contributed by atoms with Gasteiger partial charge in [-0.1, -0.05) is 18.2 Å². The van der Waals surface area contributed by atoms with Crippen LogP contribution in [0.15, 0.2) is 53.5 Å². The van der Waals surface area contributed by atoms with Crippen molar-refractivity contribution >= 4 is 5.69 Å². The average molecular weight is 265 g/mol. The molecule has 0 bridgehead atoms. The number of hydrogen-bond donors (Lipinski definition) is 1. The minimum absolute atomic E-state index is 0.194. The first kappa shape index (κ1) is 11.0. The first-order chi connectivity index (χ1) is 9.84. The topological polar surface area (TPSA) is 64.7 Å². The number of fused-ring (bicyclic) bond motifs is 3. The summed E-state index contributed by atoms with van der Waals surface area (Å²) in [7, 11) is 0. The predicted molar refractivity (Wildman–Crippen MR) is 74.7 cm³/mol. The van der Waals surface area contributed by atoms with E-state index in [-0.39, 0.29) is 5.69 Å². The third-order valence-corrected chi connectivity index (χ3v) is 3.32. The van der Waals surface area contributed by atoms with Gasteiger partial charge >= 0.3 is 5.69 Å². The van der Waals surface area contributed by atoms with E-state index in [0.717, 1.165) is 11.3 Å². The highest BCUT2D eigenvalue weighted by molar-refractivity contribution is 5.75. The summed E-state index contributed by atoms with van der Waals surface area (Å²) < 4.78 is 2.94. The van der Waals surface area contributed by atoms with Crippen molar-refractivity contribution < 1.29 is 0 Å². The summed E-state index contributed by atoms with van der Waals surface area (Å²) in [6.07, 6.45) is 1.65. The number of para-hydroxylation sites is 1. The van der Waals surface area contributed by atoms with Crippen LogP contribution in [0, 0.1) is 0 Å². The molecule has 0 fully saturated rings. The number of aromatic nitrogens is 4. The van der Waals surface area contributed by atoms with E-state index in [9.17, 15) is 4.79 Å². The molecule has 1 aliphatic heterocycles. The standard InChI is InChI=1S/C14H11N5O/c20-14-18-9-16-11-6-2-1-5-10(11)13(18)17-19(14)12-7-3-4-8-15-12/h1-8,16H,9H2. The maximum Gasteiger partial charge on any atom is 0.353 e. The number of hydrogen-bond acceptors (Lipinski definition) is 4. The van der Waals surface area contributed by atoms with E-state index < -0.39 is 0 Å². The highest BCUT2D eigenvalue weighted by atomic mass is 16.2. The van der Waals surface area contributed by atoms with Gasteiger partial charge in [0.05, 0.1) is 6.67 Å². The molecular formula is C14H11N5O. The lowest BCUT2D eigenvalue weighted by Gasteiger charge is -2.17. The molecule has 2 aromatic heterocycles. The van der Waals surface area contributed by atoms with E-state index in [2.05, 4.69) is 15.4 Å². The molecule has 6 heteroatoms. The Kier molecular flexibility index (Phi) is 2.23. The molecule has 3 aromatic rings. The number of nitrogens with zero attached hydrogens (tertiary/aromatic N) is 4. The Labute approximate surface area is 114 Å². The van der Waals surface area contributed by atoms with Crippen molar-refractivity contribution in [3.8, 4) is 17.2 Å². The van der Waals surface area contributed by atoms with Crippen LogP contribution in [0.5, 0.6) is 0 Å². The van der Waals surface area contributed by atoms with Crippen molar-refractivity contribution in [1.29, 1.82) is 0 Å². The SMILES string of the molecule is O=c1n(-c2ccccn2)nc2n1CNc1ccccc1-2. The number of pyridine rings is 1. The van der Waals surface area contributed by atoms with Gasteiger partial charge in [-0.2, -0.15) is 4.68 Å². The molecule has 0 aliphatic carbocycles. The Balaban J connectivity index is 1.97. The highest BCUT2D eigenvalue weighted by Gasteiger charge is 2.22. The molecular weight excluding hydrogens is 254 g/mol. The van der Waals surface area contributed by atoms with Crippen molar-refractivity contribution in [3.63, 3.8) is 0 Å². The Morgan fingerprint density at radius 2 is 1.95 bits per heavy atom. The van der Waals surface area contributed by atoms with Crippen LogP contribution >= 0.6 is 0 Å². The van der Waals surface area contributed by atoms with Crippen LogP contribution in [0.25, 0.3) is 17.2 Å². The molecule has 0 amide bonds. The molecule has 0 atom stereocenters. The van der Waals surface area contributed by atoms with E-state index in [1.165, 1.54) is 4.68 Å². The summed E-state index contributed by atoms with van der Waals surface area (Å²) in [5, 5.41) is 7.64. The lowest BCUT2D eigenvalue weighted by atomic mass is 10.1. The van der Waals surface area contributed by atoms with Gasteiger partial charge in [-0.25, -0.2) is 9.78 Å². The maximum absolute atomic E-state index is 12.4. The van der Waals surface area contributed by atoms with Crippen molar-refractivity contribution in [2.24, 2.45) is 0 Å². The quantitative estimate of drug-likeness (QED) is 0.723. The fourth-order valence-electron chi connectivity index (χ4n) is 2.36. The average Bonchev–Trinajstić information content (AvgIpc) is 2.86. The lowest BCUT2D eigenvalue weighted by Crippen LogP contribution is -2.28. The fraction of sp³-hybridized carbons (Fsp3) is 0.0714. The molecule has 1 N–H and O–H groups in total. The van der Waals surface area contributed by atoms with Crippen LogP contribution in [0.1, 0.15) is 0 Å². The zero-order valence-corrected chi connectivity index (χ0v) is 10.5. The van der Waals surface area contributed by atoms with Crippen LogP contribution < -0.4 is 11.0 Å². The van der Waals surface area contributed by atoms with E-state index in [4.69, 9.17) is 0 Å². The van der Waals surface area contributed by atoms with Crippen LogP contribution in [0.3, 0.4) is 0 Å². The van der Waals surface area contributed by atoms with E-state index in [1.807, 2.05) is 30.3 Å². The Morgan fingerprint density at radius 1 is 1.10 bits per heavy atom. The van der Waals surface area contributed by atoms with Crippen molar-refractivity contribution in [2.45, 2.75) is 6.67 Å². The van der Waals surface area contributed by atoms with E-state index in [1.54, 1.807) is 22.9 Å². The van der Waals surface area contributed by atoms with Gasteiger partial charge in [-0.05, 0) is 24.3 Å². The third-order valence-electron chi connectivity index (χ3n) is 3.32. The Morgan fingerprint density at radius 3 is 2.80 bits per heavy atom. The molecule has 98 valence electrons. The number of anilines is 1. The molecule has 0 saturated carbocycles. The van der Waals surface area contributed by atoms with Gasteiger partial charge in [-0.15, -0.1) is 5.10 Å². The molecule has 6 nitrogen and oxygen atoms in total. The zero-order chi connectivity index (χ0) is 13.5. The van der Waals surface area contributed by atoms with Crippen LogP contribution in [0.4, 0.5) is 5.69 Å². The third kappa shape index (κ3) is 1.48. The zero-order valence-electron chi connectivity index (χ0n) is 10.5. The molecule has 0 radical (unpaired) electrons. The van der Waals surface area contributed by atoms with Gasteiger partial charge in [0, 0.05) is 17.4 Å². The highest BCUT2D eigenvalue weighted by Crippen LogP contribution is 2.29. The molecule has 0 saturated heterocycles. The second-order valence-corrected chi connectivity index (χ2v) is 4.51. The summed E-state index contributed by atoms with van der Waals surface area (Å²) in [6.45, 7) is 0.415. The summed E-state index contributed by atoms with van der Waals surface area (Å²) in [4.78, 5) is 16.6. The van der Waals surface area contributed by atoms with Crippen molar-refractivity contribution in [1.82, 2.24) is 19.3 Å². The van der Waals surface area contributed by atoms with Gasteiger partial charge in [0.25, 0.3) is 0 Å². The van der Waals surface area contributed by atoms with Gasteiger partial charge in [0.2, 0.25) is 0 Å². The second kappa shape index (κ2) is 4.06. The van der Waals surface area contributed by atoms with Gasteiger partial charge < -0.3 is 5.32 Å². The summed E-state index contributed by atoms with van der Waals surface area (Å²) >= 11 is 0. The van der Waals surface area contributed by atoms with E-state index in [0.29, 0.717) is 18.3 Å². The molecule has 1 aliphatic rings.